The van der Waals surface area contributed by atoms with Crippen LogP contribution in [0.4, 0.5) is 11.5 Å². The summed E-state index contributed by atoms with van der Waals surface area (Å²) in [5.74, 6) is 0.323. The molecule has 7 nitrogen and oxygen atoms in total. The Labute approximate surface area is 193 Å². The van der Waals surface area contributed by atoms with Crippen molar-refractivity contribution >= 4 is 34.4 Å². The third-order valence-electron chi connectivity index (χ3n) is 5.94. The lowest BCUT2D eigenvalue weighted by Gasteiger charge is -2.24. The van der Waals surface area contributed by atoms with Gasteiger partial charge in [-0.15, -0.1) is 0 Å². The van der Waals surface area contributed by atoms with Crippen molar-refractivity contribution in [1.29, 1.82) is 0 Å². The van der Waals surface area contributed by atoms with Crippen LogP contribution in [-0.2, 0) is 9.59 Å². The number of carbonyl (C=O) groups is 2. The number of allylic oxidation sites excluding steroid dienone is 3. The van der Waals surface area contributed by atoms with Crippen LogP contribution in [0, 0.1) is 0 Å². The quantitative estimate of drug-likeness (QED) is 0.482. The molecule has 2 amide bonds. The van der Waals surface area contributed by atoms with Gasteiger partial charge in [0.15, 0.2) is 0 Å². The summed E-state index contributed by atoms with van der Waals surface area (Å²) >= 11 is 0. The van der Waals surface area contributed by atoms with Crippen molar-refractivity contribution in [2.24, 2.45) is 0 Å². The lowest BCUT2D eigenvalue weighted by atomic mass is 10.1. The number of aromatic nitrogens is 2. The first kappa shape index (κ1) is 22.3. The van der Waals surface area contributed by atoms with Crippen molar-refractivity contribution < 1.29 is 9.59 Å². The van der Waals surface area contributed by atoms with E-state index in [2.05, 4.69) is 15.3 Å². The number of anilines is 2. The van der Waals surface area contributed by atoms with Gasteiger partial charge in [0.25, 0.3) is 0 Å². The van der Waals surface area contributed by atoms with E-state index in [1.54, 1.807) is 11.0 Å². The number of nitrogens with zero attached hydrogens (tertiary/aromatic N) is 2. The van der Waals surface area contributed by atoms with Crippen LogP contribution in [0.2, 0.25) is 0 Å². The van der Waals surface area contributed by atoms with E-state index in [-0.39, 0.29) is 11.8 Å². The molecule has 0 saturated carbocycles. The number of aromatic amines is 1. The molecule has 1 aromatic carbocycles. The van der Waals surface area contributed by atoms with Crippen LogP contribution in [0.15, 0.2) is 66.3 Å². The van der Waals surface area contributed by atoms with Gasteiger partial charge in [0.2, 0.25) is 11.8 Å². The Bertz CT molecular complexity index is 1220. The largest absolute Gasteiger partial charge is 0.384 e. The molecule has 0 aliphatic carbocycles. The molecule has 4 N–H and O–H groups in total. The number of hydrogen-bond acceptors (Lipinski definition) is 4. The zero-order chi connectivity index (χ0) is 23.4. The molecule has 1 atom stereocenters. The molecule has 0 spiro atoms. The summed E-state index contributed by atoms with van der Waals surface area (Å²) in [4.78, 5) is 35.1. The Hall–Kier alpha value is -3.87. The Morgan fingerprint density at radius 2 is 2.00 bits per heavy atom. The SMILES string of the molecule is CC=CC(=CC)CC(=O)N1CCCC1C(=O)Nc1ccc(-c2cc3nc(N)ccc3[nH]2)cc1. The van der Waals surface area contributed by atoms with Gasteiger partial charge in [-0.2, -0.15) is 0 Å². The molecule has 4 rings (SSSR count). The monoisotopic (exact) mass is 443 g/mol. The molecule has 0 radical (unpaired) electrons. The minimum absolute atomic E-state index is 0.0118. The summed E-state index contributed by atoms with van der Waals surface area (Å²) in [5.41, 5.74) is 11.0. The molecule has 1 saturated heterocycles. The minimum Gasteiger partial charge on any atom is -0.384 e. The van der Waals surface area contributed by atoms with Gasteiger partial charge < -0.3 is 20.9 Å². The highest BCUT2D eigenvalue weighted by molar-refractivity contribution is 5.98. The van der Waals surface area contributed by atoms with Crippen LogP contribution in [0.25, 0.3) is 22.3 Å². The van der Waals surface area contributed by atoms with Crippen molar-refractivity contribution in [2.75, 3.05) is 17.6 Å². The zero-order valence-corrected chi connectivity index (χ0v) is 19.0. The molecule has 1 unspecified atom stereocenters. The van der Waals surface area contributed by atoms with E-state index in [4.69, 9.17) is 5.73 Å². The summed E-state index contributed by atoms with van der Waals surface area (Å²) in [6.45, 7) is 4.46. The van der Waals surface area contributed by atoms with Gasteiger partial charge in [-0.1, -0.05) is 30.4 Å². The molecule has 2 aromatic heterocycles. The lowest BCUT2D eigenvalue weighted by molar-refractivity contribution is -0.136. The van der Waals surface area contributed by atoms with Gasteiger partial charge in [0, 0.05) is 17.9 Å². The Balaban J connectivity index is 1.42. The summed E-state index contributed by atoms with van der Waals surface area (Å²) in [6.07, 6.45) is 7.60. The molecule has 0 bridgehead atoms. The Morgan fingerprint density at radius 1 is 1.21 bits per heavy atom. The number of benzene rings is 1. The van der Waals surface area contributed by atoms with Crippen molar-refractivity contribution in [2.45, 2.75) is 39.2 Å². The van der Waals surface area contributed by atoms with Crippen LogP contribution >= 0.6 is 0 Å². The second kappa shape index (κ2) is 9.73. The van der Waals surface area contributed by atoms with E-state index in [1.807, 2.05) is 68.5 Å². The third kappa shape index (κ3) is 4.98. The number of nitrogens with two attached hydrogens (primary N) is 1. The minimum atomic E-state index is -0.439. The average molecular weight is 444 g/mol. The lowest BCUT2D eigenvalue weighted by Crippen LogP contribution is -2.43. The molecular weight excluding hydrogens is 414 g/mol. The van der Waals surface area contributed by atoms with Gasteiger partial charge in [-0.05, 0) is 68.2 Å². The number of rotatable bonds is 6. The fourth-order valence-electron chi connectivity index (χ4n) is 4.22. The maximum absolute atomic E-state index is 13.0. The smallest absolute Gasteiger partial charge is 0.247 e. The fourth-order valence-corrected chi connectivity index (χ4v) is 4.22. The standard InChI is InChI=1S/C26H29N5O2/c1-3-6-17(4-2)15-25(32)31-14-5-7-23(31)26(33)28-19-10-8-18(9-11-19)21-16-22-20(29-21)12-13-24(27)30-22/h3-4,6,8-13,16,23,29H,5,7,14-15H2,1-2H3,(H2,27,30)(H,28,33). The first-order valence-corrected chi connectivity index (χ1v) is 11.2. The third-order valence-corrected chi connectivity index (χ3v) is 5.94. The van der Waals surface area contributed by atoms with Gasteiger partial charge in [-0.25, -0.2) is 4.98 Å². The van der Waals surface area contributed by atoms with Crippen LogP contribution < -0.4 is 11.1 Å². The predicted molar refractivity (Wildman–Crippen MR) is 132 cm³/mol. The number of amides is 2. The highest BCUT2D eigenvalue weighted by Gasteiger charge is 2.34. The first-order chi connectivity index (χ1) is 16.0. The maximum atomic E-state index is 13.0. The van der Waals surface area contributed by atoms with Gasteiger partial charge in [0.1, 0.15) is 11.9 Å². The second-order valence-corrected chi connectivity index (χ2v) is 8.20. The number of likely N-dealkylation sites (tertiary alicyclic amines) is 1. The van der Waals surface area contributed by atoms with Crippen LogP contribution in [0.3, 0.4) is 0 Å². The topological polar surface area (TPSA) is 104 Å². The molecule has 3 aromatic rings. The molecule has 170 valence electrons. The average Bonchev–Trinajstić information content (AvgIpc) is 3.46. The summed E-state index contributed by atoms with van der Waals surface area (Å²) in [5, 5.41) is 2.97. The maximum Gasteiger partial charge on any atom is 0.247 e. The first-order valence-electron chi connectivity index (χ1n) is 11.2. The van der Waals surface area contributed by atoms with Gasteiger partial charge in [-0.3, -0.25) is 9.59 Å². The molecule has 1 aliphatic rings. The number of nitrogen functional groups attached to an aromatic ring is 1. The highest BCUT2D eigenvalue weighted by atomic mass is 16.2. The van der Waals surface area contributed by atoms with Crippen LogP contribution in [0.5, 0.6) is 0 Å². The number of nitrogens with one attached hydrogen (secondary N) is 2. The fraction of sp³-hybridized carbons (Fsp3) is 0.269. The van der Waals surface area contributed by atoms with Gasteiger partial charge in [0.05, 0.1) is 17.5 Å². The normalized spacial score (nSPS) is 16.6. The van der Waals surface area contributed by atoms with E-state index >= 15 is 0 Å². The number of fused-ring (bicyclic) bond motifs is 1. The molecule has 1 fully saturated rings. The van der Waals surface area contributed by atoms with E-state index < -0.39 is 6.04 Å². The van der Waals surface area contributed by atoms with Crippen molar-refractivity contribution in [1.82, 2.24) is 14.9 Å². The van der Waals surface area contributed by atoms with Crippen molar-refractivity contribution in [3.8, 4) is 11.3 Å². The molecule has 33 heavy (non-hydrogen) atoms. The summed E-state index contributed by atoms with van der Waals surface area (Å²) in [7, 11) is 0. The molecule has 7 heteroatoms. The number of pyridine rings is 1. The Morgan fingerprint density at radius 3 is 2.73 bits per heavy atom. The zero-order valence-electron chi connectivity index (χ0n) is 19.0. The number of carbonyl (C=O) groups excluding carboxylic acids is 2. The summed E-state index contributed by atoms with van der Waals surface area (Å²) < 4.78 is 0. The van der Waals surface area contributed by atoms with E-state index in [9.17, 15) is 9.59 Å². The van der Waals surface area contributed by atoms with E-state index in [1.165, 1.54) is 0 Å². The predicted octanol–water partition coefficient (Wildman–Crippen LogP) is 4.65. The Kier molecular flexibility index (Phi) is 6.58. The molecule has 3 heterocycles. The van der Waals surface area contributed by atoms with E-state index in [0.29, 0.717) is 30.9 Å². The number of H-pyrrole nitrogens is 1. The summed E-state index contributed by atoms with van der Waals surface area (Å²) in [6, 6.07) is 12.8. The molecular formula is C26H29N5O2. The highest BCUT2D eigenvalue weighted by Crippen LogP contribution is 2.26. The second-order valence-electron chi connectivity index (χ2n) is 8.20. The van der Waals surface area contributed by atoms with Crippen LogP contribution in [-0.4, -0.2) is 39.3 Å². The van der Waals surface area contributed by atoms with Crippen molar-refractivity contribution in [3.05, 3.63) is 66.3 Å². The van der Waals surface area contributed by atoms with Gasteiger partial charge >= 0.3 is 0 Å². The molecule has 1 aliphatic heterocycles. The van der Waals surface area contributed by atoms with E-state index in [0.717, 1.165) is 34.3 Å². The number of hydrogen-bond donors (Lipinski definition) is 3. The van der Waals surface area contributed by atoms with Crippen LogP contribution in [0.1, 0.15) is 33.1 Å². The van der Waals surface area contributed by atoms with Crippen molar-refractivity contribution in [3.63, 3.8) is 0 Å².